The maximum Gasteiger partial charge on any atom is 1.00 e. The number of hydrogen-bond donors (Lipinski definition) is 1. The molecular weight excluding hydrogens is 295 g/mol. The summed E-state index contributed by atoms with van der Waals surface area (Å²) in [6, 6.07) is 6.41. The summed E-state index contributed by atoms with van der Waals surface area (Å²) >= 11 is 0. The zero-order valence-electron chi connectivity index (χ0n) is 12.8. The van der Waals surface area contributed by atoms with E-state index in [0.29, 0.717) is 24.2 Å². The van der Waals surface area contributed by atoms with Gasteiger partial charge in [0, 0.05) is 18.0 Å². The Morgan fingerprint density at radius 3 is 2.27 bits per heavy atom. The number of ether oxygens (including phenoxy) is 1. The van der Waals surface area contributed by atoms with E-state index in [0.717, 1.165) is 19.3 Å². The van der Waals surface area contributed by atoms with Crippen molar-refractivity contribution in [1.82, 2.24) is 0 Å². The van der Waals surface area contributed by atoms with Crippen LogP contribution in [0, 0.1) is 0 Å². The molecule has 1 aliphatic rings. The second-order valence-corrected chi connectivity index (χ2v) is 5.42. The normalized spacial score (nSPS) is 16.4. The summed E-state index contributed by atoms with van der Waals surface area (Å²) in [5.74, 6) is -0.923. The summed E-state index contributed by atoms with van der Waals surface area (Å²) in [5.41, 5.74) is -0.790. The average molecular weight is 314 g/mol. The molecule has 0 aliphatic heterocycles. The minimum atomic E-state index is -1.24. The summed E-state index contributed by atoms with van der Waals surface area (Å²) in [7, 11) is 0. The van der Waals surface area contributed by atoms with E-state index in [1.54, 1.807) is 24.3 Å². The van der Waals surface area contributed by atoms with Crippen LogP contribution in [-0.2, 0) is 4.79 Å². The van der Waals surface area contributed by atoms with E-state index < -0.39 is 11.6 Å². The molecule has 1 aliphatic carbocycles. The van der Waals surface area contributed by atoms with Crippen LogP contribution in [0.25, 0.3) is 0 Å². The number of ketones is 1. The first-order valence-electron chi connectivity index (χ1n) is 7.21. The standard InChI is InChI=1S/C16H20O5.Na/c17-14(18)8-11-21-13-6-4-12(5-7-13)15(19)16(20)9-2-1-3-10-16;/h4-7,20H,1-3,8-11H2,(H,17,18);/q;+1/p-1. The van der Waals surface area contributed by atoms with Crippen molar-refractivity contribution in [2.45, 2.75) is 44.1 Å². The number of carbonyl (C=O) groups excluding carboxylic acids is 2. The van der Waals surface area contributed by atoms with E-state index in [2.05, 4.69) is 0 Å². The second kappa shape index (κ2) is 8.67. The number of benzene rings is 1. The Labute approximate surface area is 152 Å². The first-order chi connectivity index (χ1) is 10.0. The van der Waals surface area contributed by atoms with Crippen molar-refractivity contribution >= 4 is 11.8 Å². The molecule has 1 fully saturated rings. The van der Waals surface area contributed by atoms with Gasteiger partial charge >= 0.3 is 29.6 Å². The Balaban J connectivity index is 0.00000242. The number of Topliss-reactive ketones (excluding diaryl/α,β-unsaturated/α-hetero) is 1. The van der Waals surface area contributed by atoms with Crippen LogP contribution in [0.5, 0.6) is 5.75 Å². The van der Waals surface area contributed by atoms with Crippen LogP contribution < -0.4 is 39.4 Å². The quantitative estimate of drug-likeness (QED) is 0.489. The molecule has 0 aromatic heterocycles. The molecule has 6 heteroatoms. The van der Waals surface area contributed by atoms with Gasteiger partial charge in [0.15, 0.2) is 5.78 Å². The smallest absolute Gasteiger partial charge is 0.550 e. The van der Waals surface area contributed by atoms with E-state index >= 15 is 0 Å². The predicted molar refractivity (Wildman–Crippen MR) is 73.9 cm³/mol. The summed E-state index contributed by atoms with van der Waals surface area (Å²) in [6.07, 6.45) is 3.63. The molecule has 1 aromatic carbocycles. The van der Waals surface area contributed by atoms with Crippen LogP contribution in [0.1, 0.15) is 48.9 Å². The summed E-state index contributed by atoms with van der Waals surface area (Å²) < 4.78 is 5.23. The molecule has 1 aromatic rings. The number of hydrogen-bond acceptors (Lipinski definition) is 5. The minimum absolute atomic E-state index is 0. The number of carboxylic acid groups (broad SMARTS) is 1. The third-order valence-electron chi connectivity index (χ3n) is 3.79. The summed E-state index contributed by atoms with van der Waals surface area (Å²) in [6.45, 7) is 0.0273. The van der Waals surface area contributed by atoms with Crippen molar-refractivity contribution in [3.05, 3.63) is 29.8 Å². The third kappa shape index (κ3) is 5.09. The average Bonchev–Trinajstić information content (AvgIpc) is 2.48. The molecule has 0 atom stereocenters. The largest absolute Gasteiger partial charge is 1.00 e. The number of carbonyl (C=O) groups is 2. The number of rotatable bonds is 6. The zero-order chi connectivity index (χ0) is 15.3. The Morgan fingerprint density at radius 2 is 1.73 bits per heavy atom. The van der Waals surface area contributed by atoms with Crippen LogP contribution in [0.15, 0.2) is 24.3 Å². The van der Waals surface area contributed by atoms with Gasteiger partial charge in [-0.1, -0.05) is 19.3 Å². The van der Waals surface area contributed by atoms with Gasteiger partial charge in [0.2, 0.25) is 0 Å². The molecule has 0 heterocycles. The first kappa shape index (κ1) is 19.2. The first-order valence-corrected chi connectivity index (χ1v) is 7.21. The van der Waals surface area contributed by atoms with E-state index in [1.165, 1.54) is 0 Å². The van der Waals surface area contributed by atoms with Gasteiger partial charge in [0.05, 0.1) is 6.61 Å². The van der Waals surface area contributed by atoms with E-state index in [-0.39, 0.29) is 48.4 Å². The number of aliphatic hydroxyl groups is 1. The van der Waals surface area contributed by atoms with Gasteiger partial charge in [-0.15, -0.1) is 0 Å². The van der Waals surface area contributed by atoms with Crippen LogP contribution in [0.4, 0.5) is 0 Å². The number of aliphatic carboxylic acids is 1. The van der Waals surface area contributed by atoms with Crippen LogP contribution in [0.3, 0.4) is 0 Å². The summed E-state index contributed by atoms with van der Waals surface area (Å²) in [4.78, 5) is 22.6. The third-order valence-corrected chi connectivity index (χ3v) is 3.79. The van der Waals surface area contributed by atoms with E-state index in [1.807, 2.05) is 0 Å². The van der Waals surface area contributed by atoms with Crippen molar-refractivity contribution < 1.29 is 54.1 Å². The SMILES string of the molecule is O=C([O-])CCOc1ccc(C(=O)C2(O)CCCCC2)cc1.[Na+]. The Morgan fingerprint density at radius 1 is 1.14 bits per heavy atom. The van der Waals surface area contributed by atoms with Gasteiger partial charge < -0.3 is 19.7 Å². The fourth-order valence-electron chi connectivity index (χ4n) is 2.59. The molecule has 2 rings (SSSR count). The molecule has 0 saturated heterocycles. The van der Waals surface area contributed by atoms with E-state index in [4.69, 9.17) is 4.74 Å². The molecule has 0 unspecified atom stereocenters. The molecule has 114 valence electrons. The maximum atomic E-state index is 12.4. The predicted octanol–water partition coefficient (Wildman–Crippen LogP) is -1.91. The van der Waals surface area contributed by atoms with Crippen molar-refractivity contribution in [3.8, 4) is 5.75 Å². The van der Waals surface area contributed by atoms with Crippen LogP contribution in [0.2, 0.25) is 0 Å². The van der Waals surface area contributed by atoms with Crippen molar-refractivity contribution in [2.75, 3.05) is 6.61 Å². The molecule has 1 saturated carbocycles. The molecule has 0 bridgehead atoms. The van der Waals surface area contributed by atoms with E-state index in [9.17, 15) is 19.8 Å². The van der Waals surface area contributed by atoms with Gasteiger partial charge in [-0.05, 0) is 37.1 Å². The topological polar surface area (TPSA) is 86.7 Å². The fraction of sp³-hybridized carbons (Fsp3) is 0.500. The molecule has 0 amide bonds. The molecule has 0 radical (unpaired) electrons. The van der Waals surface area contributed by atoms with Gasteiger partial charge in [0.25, 0.3) is 0 Å². The minimum Gasteiger partial charge on any atom is -0.550 e. The van der Waals surface area contributed by atoms with Crippen LogP contribution >= 0.6 is 0 Å². The Bertz CT molecular complexity index is 506. The second-order valence-electron chi connectivity index (χ2n) is 5.42. The van der Waals surface area contributed by atoms with Gasteiger partial charge in [-0.2, -0.15) is 0 Å². The van der Waals surface area contributed by atoms with Crippen LogP contribution in [-0.4, -0.2) is 29.1 Å². The monoisotopic (exact) mass is 314 g/mol. The Kier molecular flexibility index (Phi) is 7.56. The molecule has 22 heavy (non-hydrogen) atoms. The molecule has 0 spiro atoms. The molecule has 1 N–H and O–H groups in total. The molecule has 5 nitrogen and oxygen atoms in total. The Hall–Kier alpha value is -0.880. The van der Waals surface area contributed by atoms with Gasteiger partial charge in [-0.3, -0.25) is 4.79 Å². The van der Waals surface area contributed by atoms with Crippen molar-refractivity contribution in [3.63, 3.8) is 0 Å². The number of carboxylic acids is 1. The van der Waals surface area contributed by atoms with Gasteiger partial charge in [-0.25, -0.2) is 0 Å². The van der Waals surface area contributed by atoms with Crippen molar-refractivity contribution in [2.24, 2.45) is 0 Å². The summed E-state index contributed by atoms with van der Waals surface area (Å²) in [5, 5.41) is 20.7. The molecular formula is C16H19NaO5. The van der Waals surface area contributed by atoms with Crippen molar-refractivity contribution in [1.29, 1.82) is 0 Å². The zero-order valence-corrected chi connectivity index (χ0v) is 14.8. The maximum absolute atomic E-state index is 12.4. The van der Waals surface area contributed by atoms with Gasteiger partial charge in [0.1, 0.15) is 11.4 Å². The fourth-order valence-corrected chi connectivity index (χ4v) is 2.59.